The minimum atomic E-state index is -3.51. The number of guanidine groups is 1. The summed E-state index contributed by atoms with van der Waals surface area (Å²) in [7, 11) is -1.84. The van der Waals surface area contributed by atoms with Gasteiger partial charge in [-0.1, -0.05) is 36.4 Å². The Bertz CT molecular complexity index is 1070. The third kappa shape index (κ3) is 5.94. The van der Waals surface area contributed by atoms with Crippen LogP contribution in [0.15, 0.2) is 68.9 Å². The molecule has 3 N–H and O–H groups in total. The Morgan fingerprint density at radius 2 is 1.69 bits per heavy atom. The third-order valence-corrected chi connectivity index (χ3v) is 5.82. The van der Waals surface area contributed by atoms with E-state index in [0.717, 1.165) is 22.3 Å². The van der Waals surface area contributed by atoms with Crippen LogP contribution in [0, 0.1) is 6.92 Å². The molecule has 0 aliphatic rings. The van der Waals surface area contributed by atoms with Crippen LogP contribution in [-0.4, -0.2) is 34.5 Å². The van der Waals surface area contributed by atoms with Crippen LogP contribution < -0.4 is 15.4 Å². The number of sulfonamides is 1. The summed E-state index contributed by atoms with van der Waals surface area (Å²) in [6, 6.07) is 16.2. The summed E-state index contributed by atoms with van der Waals surface area (Å²) in [5, 5.41) is 7.37. The highest BCUT2D eigenvalue weighted by molar-refractivity contribution is 14.0. The molecule has 0 unspecified atom stereocenters. The number of hydrogen-bond acceptors (Lipinski definition) is 4. The highest BCUT2D eigenvalue weighted by atomic mass is 127. The smallest absolute Gasteiger partial charge is 0.240 e. The summed E-state index contributed by atoms with van der Waals surface area (Å²) in [6.07, 6.45) is 0. The van der Waals surface area contributed by atoms with Crippen molar-refractivity contribution in [2.45, 2.75) is 18.4 Å². The van der Waals surface area contributed by atoms with Crippen molar-refractivity contribution in [1.29, 1.82) is 0 Å². The monoisotopic (exact) mass is 528 g/mol. The molecule has 0 aliphatic carbocycles. The summed E-state index contributed by atoms with van der Waals surface area (Å²) in [4.78, 5) is 4.40. The topological polar surface area (TPSA) is 95.7 Å². The average Bonchev–Trinajstić information content (AvgIpc) is 3.04. The number of aryl methyl sites for hydroxylation is 1. The van der Waals surface area contributed by atoms with Gasteiger partial charge in [-0.3, -0.25) is 4.99 Å². The van der Waals surface area contributed by atoms with Crippen molar-refractivity contribution in [2.24, 2.45) is 4.99 Å². The van der Waals surface area contributed by atoms with Gasteiger partial charge in [0.1, 0.15) is 11.3 Å². The fourth-order valence-corrected chi connectivity index (χ4v) is 3.88. The highest BCUT2D eigenvalue weighted by Gasteiger charge is 2.13. The molecule has 0 aliphatic heterocycles. The van der Waals surface area contributed by atoms with Gasteiger partial charge in [-0.25, -0.2) is 13.1 Å². The van der Waals surface area contributed by atoms with Crippen molar-refractivity contribution in [3.63, 3.8) is 0 Å². The Kier molecular flexibility index (Phi) is 8.47. The molecule has 0 fully saturated rings. The summed E-state index contributed by atoms with van der Waals surface area (Å²) >= 11 is 0. The average molecular weight is 528 g/mol. The van der Waals surface area contributed by atoms with Crippen molar-refractivity contribution in [1.82, 2.24) is 15.4 Å². The lowest BCUT2D eigenvalue weighted by Crippen LogP contribution is -2.41. The standard InChI is InChI=1S/C20H24N4O3S.HI/c1-15-17-10-6-7-11-18(17)27-19(15)14-23-20(21-2)22-12-13-24-28(25,26)16-8-4-3-5-9-16;/h3-11,24H,12-14H2,1-2H3,(H2,21,22,23);1H. The van der Waals surface area contributed by atoms with Crippen LogP contribution in [0.5, 0.6) is 0 Å². The molecule has 7 nitrogen and oxygen atoms in total. The van der Waals surface area contributed by atoms with Crippen LogP contribution in [0.1, 0.15) is 11.3 Å². The second-order valence-electron chi connectivity index (χ2n) is 6.21. The van der Waals surface area contributed by atoms with Crippen LogP contribution in [-0.2, 0) is 16.6 Å². The molecule has 0 amide bonds. The van der Waals surface area contributed by atoms with Gasteiger partial charge in [-0.05, 0) is 25.1 Å². The molecular formula is C20H25IN4O3S. The molecule has 0 saturated heterocycles. The molecule has 9 heteroatoms. The molecule has 29 heavy (non-hydrogen) atoms. The highest BCUT2D eigenvalue weighted by Crippen LogP contribution is 2.24. The number of rotatable bonds is 7. The summed E-state index contributed by atoms with van der Waals surface area (Å²) in [6.45, 7) is 3.14. The lowest BCUT2D eigenvalue weighted by molar-refractivity contribution is 0.534. The van der Waals surface area contributed by atoms with E-state index in [9.17, 15) is 8.42 Å². The van der Waals surface area contributed by atoms with Crippen molar-refractivity contribution >= 4 is 50.9 Å². The van der Waals surface area contributed by atoms with Crippen molar-refractivity contribution < 1.29 is 12.8 Å². The van der Waals surface area contributed by atoms with Gasteiger partial charge in [0, 0.05) is 31.1 Å². The van der Waals surface area contributed by atoms with Gasteiger partial charge in [0.15, 0.2) is 5.96 Å². The number of fused-ring (bicyclic) bond motifs is 1. The molecule has 3 rings (SSSR count). The molecule has 1 aromatic heterocycles. The number of furan rings is 1. The zero-order valence-electron chi connectivity index (χ0n) is 16.3. The minimum Gasteiger partial charge on any atom is -0.459 e. The van der Waals surface area contributed by atoms with E-state index in [1.165, 1.54) is 0 Å². The molecule has 0 radical (unpaired) electrons. The Morgan fingerprint density at radius 3 is 2.38 bits per heavy atom. The Morgan fingerprint density at radius 1 is 1.00 bits per heavy atom. The van der Waals surface area contributed by atoms with E-state index in [1.807, 2.05) is 31.2 Å². The fraction of sp³-hybridized carbons (Fsp3) is 0.250. The molecule has 156 valence electrons. The Hall–Kier alpha value is -2.11. The van der Waals surface area contributed by atoms with Gasteiger partial charge in [0.2, 0.25) is 10.0 Å². The summed E-state index contributed by atoms with van der Waals surface area (Å²) < 4.78 is 32.8. The molecule has 3 aromatic rings. The van der Waals surface area contributed by atoms with Crippen LogP contribution in [0.25, 0.3) is 11.0 Å². The van der Waals surface area contributed by atoms with E-state index >= 15 is 0 Å². The van der Waals surface area contributed by atoms with Crippen molar-refractivity contribution in [3.05, 3.63) is 65.9 Å². The molecule has 1 heterocycles. The Balaban J connectivity index is 0.00000300. The molecule has 0 atom stereocenters. The first-order valence-electron chi connectivity index (χ1n) is 8.97. The number of benzene rings is 2. The predicted molar refractivity (Wildman–Crippen MR) is 126 cm³/mol. The first-order chi connectivity index (χ1) is 13.5. The normalized spacial score (nSPS) is 11.9. The molecule has 0 saturated carbocycles. The van der Waals surface area contributed by atoms with Gasteiger partial charge < -0.3 is 15.1 Å². The number of para-hydroxylation sites is 1. The second-order valence-corrected chi connectivity index (χ2v) is 7.98. The van der Waals surface area contributed by atoms with Gasteiger partial charge in [0.05, 0.1) is 11.4 Å². The molecular weight excluding hydrogens is 503 g/mol. The van der Waals surface area contributed by atoms with Crippen LogP contribution in [0.3, 0.4) is 0 Å². The van der Waals surface area contributed by atoms with Gasteiger partial charge in [-0.15, -0.1) is 24.0 Å². The maximum Gasteiger partial charge on any atom is 0.240 e. The predicted octanol–water partition coefficient (Wildman–Crippen LogP) is 3.00. The zero-order chi connectivity index (χ0) is 20.0. The van der Waals surface area contributed by atoms with E-state index in [-0.39, 0.29) is 35.4 Å². The van der Waals surface area contributed by atoms with Crippen molar-refractivity contribution in [2.75, 3.05) is 20.1 Å². The van der Waals surface area contributed by atoms with Crippen LogP contribution in [0.2, 0.25) is 0 Å². The minimum absolute atomic E-state index is 0. The van der Waals surface area contributed by atoms with Gasteiger partial charge in [-0.2, -0.15) is 0 Å². The molecule has 0 spiro atoms. The maximum atomic E-state index is 12.2. The van der Waals surface area contributed by atoms with E-state index in [1.54, 1.807) is 37.4 Å². The lowest BCUT2D eigenvalue weighted by atomic mass is 10.1. The Labute approximate surface area is 188 Å². The van der Waals surface area contributed by atoms with E-state index in [0.29, 0.717) is 19.0 Å². The summed E-state index contributed by atoms with van der Waals surface area (Å²) in [5.74, 6) is 1.41. The number of halogens is 1. The number of nitrogens with one attached hydrogen (secondary N) is 3. The van der Waals surface area contributed by atoms with Crippen LogP contribution in [0.4, 0.5) is 0 Å². The second kappa shape index (κ2) is 10.6. The van der Waals surface area contributed by atoms with E-state index in [4.69, 9.17) is 4.42 Å². The quantitative estimate of drug-likeness (QED) is 0.190. The maximum absolute atomic E-state index is 12.2. The SMILES string of the molecule is CN=C(NCCNS(=O)(=O)c1ccccc1)NCc1oc2ccccc2c1C.I. The summed E-state index contributed by atoms with van der Waals surface area (Å²) in [5.41, 5.74) is 1.95. The lowest BCUT2D eigenvalue weighted by Gasteiger charge is -2.12. The third-order valence-electron chi connectivity index (χ3n) is 4.35. The number of aliphatic imine (C=N–C) groups is 1. The van der Waals surface area contributed by atoms with Crippen molar-refractivity contribution in [3.8, 4) is 0 Å². The number of hydrogen-bond donors (Lipinski definition) is 3. The largest absolute Gasteiger partial charge is 0.459 e. The molecule has 2 aromatic carbocycles. The fourth-order valence-electron chi connectivity index (χ4n) is 2.83. The number of nitrogens with zero attached hydrogens (tertiary/aromatic N) is 1. The van der Waals surface area contributed by atoms with Crippen LogP contribution >= 0.6 is 24.0 Å². The molecule has 0 bridgehead atoms. The first kappa shape index (κ1) is 23.2. The first-order valence-corrected chi connectivity index (χ1v) is 10.5. The van der Waals surface area contributed by atoms with E-state index < -0.39 is 10.0 Å². The van der Waals surface area contributed by atoms with E-state index in [2.05, 4.69) is 20.3 Å². The zero-order valence-corrected chi connectivity index (χ0v) is 19.5. The van der Waals surface area contributed by atoms with Gasteiger partial charge in [0.25, 0.3) is 0 Å². The van der Waals surface area contributed by atoms with Gasteiger partial charge >= 0.3 is 0 Å².